The van der Waals surface area contributed by atoms with E-state index in [-0.39, 0.29) is 24.6 Å². The summed E-state index contributed by atoms with van der Waals surface area (Å²) in [5.41, 5.74) is 15.6. The molecule has 2 aromatic heterocycles. The van der Waals surface area contributed by atoms with E-state index in [1.807, 2.05) is 30.3 Å². The number of anilines is 2. The van der Waals surface area contributed by atoms with Crippen molar-refractivity contribution >= 4 is 44.9 Å². The quantitative estimate of drug-likeness (QED) is 0.130. The number of carbonyl (C=O) groups excluding carboxylic acids is 2. The van der Waals surface area contributed by atoms with Gasteiger partial charge in [-0.2, -0.15) is 0 Å². The minimum Gasteiger partial charge on any atom is -0.397 e. The summed E-state index contributed by atoms with van der Waals surface area (Å²) >= 11 is 1.26. The topological polar surface area (TPSA) is 167 Å². The first-order valence-corrected chi connectivity index (χ1v) is 16.3. The van der Waals surface area contributed by atoms with Crippen LogP contribution in [0.4, 0.5) is 11.5 Å². The summed E-state index contributed by atoms with van der Waals surface area (Å²) in [6.45, 7) is 3.97. The van der Waals surface area contributed by atoms with Crippen molar-refractivity contribution in [2.45, 2.75) is 57.2 Å². The van der Waals surface area contributed by atoms with E-state index in [0.717, 1.165) is 71.5 Å². The Morgan fingerprint density at radius 1 is 1.11 bits per heavy atom. The maximum atomic E-state index is 12.8. The zero-order chi connectivity index (χ0) is 31.9. The van der Waals surface area contributed by atoms with E-state index in [9.17, 15) is 19.8 Å². The average molecular weight is 631 g/mol. The van der Waals surface area contributed by atoms with Gasteiger partial charge in [0, 0.05) is 36.6 Å². The summed E-state index contributed by atoms with van der Waals surface area (Å²) in [6.07, 6.45) is 3.39. The van der Waals surface area contributed by atoms with Crippen LogP contribution in [0.5, 0.6) is 0 Å². The maximum Gasteiger partial charge on any atom is 0.260 e. The van der Waals surface area contributed by atoms with E-state index in [2.05, 4.69) is 28.5 Å². The summed E-state index contributed by atoms with van der Waals surface area (Å²) < 4.78 is 0. The molecular weight excluding hydrogens is 588 g/mol. The number of fused-ring (bicyclic) bond motifs is 1. The summed E-state index contributed by atoms with van der Waals surface area (Å²) in [7, 11) is 0. The van der Waals surface area contributed by atoms with Crippen LogP contribution in [-0.4, -0.2) is 65.3 Å². The average Bonchev–Trinajstić information content (AvgIpc) is 3.40. The minimum atomic E-state index is -0.715. The van der Waals surface area contributed by atoms with Crippen molar-refractivity contribution < 1.29 is 19.8 Å². The first-order valence-electron chi connectivity index (χ1n) is 15.5. The molecular formula is C34H42N6O4S. The summed E-state index contributed by atoms with van der Waals surface area (Å²) in [5.74, 6) is 0.0964. The molecule has 2 atom stereocenters. The third kappa shape index (κ3) is 7.80. The van der Waals surface area contributed by atoms with E-state index in [1.165, 1.54) is 11.3 Å². The number of aliphatic hydroxyl groups is 2. The number of hydrogen-bond acceptors (Lipinski definition) is 9. The number of nitrogens with one attached hydrogen (secondary N) is 2. The Bertz CT molecular complexity index is 1600. The number of nitrogens with zero attached hydrogens (tertiary/aromatic N) is 2. The van der Waals surface area contributed by atoms with Crippen molar-refractivity contribution in [3.63, 3.8) is 0 Å². The molecule has 4 aromatic rings. The lowest BCUT2D eigenvalue weighted by Crippen LogP contribution is -2.44. The van der Waals surface area contributed by atoms with E-state index in [0.29, 0.717) is 29.1 Å². The van der Waals surface area contributed by atoms with Gasteiger partial charge in [-0.15, -0.1) is 11.3 Å². The Balaban J connectivity index is 1.12. The van der Waals surface area contributed by atoms with Crippen LogP contribution in [0.3, 0.4) is 0 Å². The molecule has 0 saturated carbocycles. The van der Waals surface area contributed by atoms with Gasteiger partial charge < -0.3 is 37.2 Å². The van der Waals surface area contributed by atoms with Crippen LogP contribution in [0, 0.1) is 0 Å². The molecule has 10 nitrogen and oxygen atoms in total. The maximum absolute atomic E-state index is 12.8. The molecule has 0 radical (unpaired) electrons. The summed E-state index contributed by atoms with van der Waals surface area (Å²) in [4.78, 5) is 32.9. The van der Waals surface area contributed by atoms with Gasteiger partial charge in [0.2, 0.25) is 0 Å². The molecule has 2 amide bonds. The smallest absolute Gasteiger partial charge is 0.260 e. The molecule has 238 valence electrons. The van der Waals surface area contributed by atoms with Gasteiger partial charge in [0.15, 0.2) is 0 Å². The number of rotatable bonds is 13. The summed E-state index contributed by atoms with van der Waals surface area (Å²) in [6, 6.07) is 18.6. The monoisotopic (exact) mass is 630 g/mol. The van der Waals surface area contributed by atoms with Crippen molar-refractivity contribution in [1.29, 1.82) is 0 Å². The molecule has 0 spiro atoms. The second-order valence-electron chi connectivity index (χ2n) is 11.6. The number of aromatic nitrogens is 1. The van der Waals surface area contributed by atoms with Crippen LogP contribution < -0.4 is 27.0 Å². The van der Waals surface area contributed by atoms with Gasteiger partial charge in [0.25, 0.3) is 11.8 Å². The van der Waals surface area contributed by atoms with Crippen LogP contribution in [0.15, 0.2) is 60.7 Å². The van der Waals surface area contributed by atoms with Gasteiger partial charge in [-0.05, 0) is 60.6 Å². The van der Waals surface area contributed by atoms with Crippen LogP contribution in [-0.2, 0) is 12.8 Å². The molecule has 1 aliphatic rings. The highest BCUT2D eigenvalue weighted by Crippen LogP contribution is 2.37. The molecule has 1 saturated heterocycles. The number of amides is 2. The van der Waals surface area contributed by atoms with Crippen LogP contribution >= 0.6 is 11.3 Å². The third-order valence-electron chi connectivity index (χ3n) is 8.37. The highest BCUT2D eigenvalue weighted by atomic mass is 32.1. The third-order valence-corrected chi connectivity index (χ3v) is 9.48. The lowest BCUT2D eigenvalue weighted by molar-refractivity contribution is 0.0915. The molecule has 45 heavy (non-hydrogen) atoms. The molecule has 5 rings (SSSR count). The van der Waals surface area contributed by atoms with Crippen LogP contribution in [0.25, 0.3) is 10.2 Å². The Morgan fingerprint density at radius 2 is 1.82 bits per heavy atom. The molecule has 0 aliphatic carbocycles. The van der Waals surface area contributed by atoms with E-state index >= 15 is 0 Å². The zero-order valence-corrected chi connectivity index (χ0v) is 26.4. The molecule has 2 unspecified atom stereocenters. The number of hydrogen-bond donors (Lipinski definition) is 6. The number of aryl methyl sites for hydroxylation is 1. The second kappa shape index (κ2) is 14.8. The van der Waals surface area contributed by atoms with Crippen molar-refractivity contribution in [1.82, 2.24) is 15.6 Å². The zero-order valence-electron chi connectivity index (χ0n) is 25.5. The lowest BCUT2D eigenvalue weighted by atomic mass is 10.0. The van der Waals surface area contributed by atoms with Gasteiger partial charge in [0.05, 0.1) is 24.4 Å². The van der Waals surface area contributed by atoms with Gasteiger partial charge in [0.1, 0.15) is 15.5 Å². The highest BCUT2D eigenvalue weighted by molar-refractivity contribution is 7.21. The fraction of sp³-hybridized carbons (Fsp3) is 0.382. The van der Waals surface area contributed by atoms with Crippen LogP contribution in [0.2, 0.25) is 0 Å². The van der Waals surface area contributed by atoms with Crippen LogP contribution in [0.1, 0.15) is 69.0 Å². The van der Waals surface area contributed by atoms with Gasteiger partial charge in [-0.25, -0.2) is 4.98 Å². The standard InChI is InChI=1S/C34H42N6O4S/c1-2-6-24-18-28(39-34-29(24)30(35)31(45-34)32(36)43)40-15-13-25(14-16-40)37-19-27(42)22-9-11-23(12-10-22)33(44)38-26(20-41)17-21-7-4-3-5-8-21/h3-5,7-12,18,25-27,37,41-42H,2,6,13-17,19-20,35H2,1H3,(H2,36,43)(H,38,44). The first kappa shape index (κ1) is 32.4. The molecule has 11 heteroatoms. The first-order chi connectivity index (χ1) is 21.8. The number of pyridine rings is 1. The number of nitrogens with two attached hydrogens (primary N) is 2. The summed E-state index contributed by atoms with van der Waals surface area (Å²) in [5, 5.41) is 27.8. The van der Waals surface area contributed by atoms with Crippen molar-refractivity contribution in [3.8, 4) is 0 Å². The highest BCUT2D eigenvalue weighted by Gasteiger charge is 2.24. The molecule has 8 N–H and O–H groups in total. The normalized spacial score (nSPS) is 15.2. The number of thiophene rings is 1. The largest absolute Gasteiger partial charge is 0.397 e. The van der Waals surface area contributed by atoms with Gasteiger partial charge >= 0.3 is 0 Å². The Morgan fingerprint density at radius 3 is 2.47 bits per heavy atom. The van der Waals surface area contributed by atoms with Gasteiger partial charge in [-0.3, -0.25) is 9.59 Å². The molecule has 2 aromatic carbocycles. The van der Waals surface area contributed by atoms with Crippen molar-refractivity contribution in [2.75, 3.05) is 36.9 Å². The number of aliphatic hydroxyl groups excluding tert-OH is 2. The number of primary amides is 1. The van der Waals surface area contributed by atoms with Crippen molar-refractivity contribution in [2.24, 2.45) is 5.73 Å². The number of carbonyl (C=O) groups is 2. The Kier molecular flexibility index (Phi) is 10.7. The second-order valence-corrected chi connectivity index (χ2v) is 12.6. The van der Waals surface area contributed by atoms with E-state index < -0.39 is 12.0 Å². The predicted molar refractivity (Wildman–Crippen MR) is 180 cm³/mol. The predicted octanol–water partition coefficient (Wildman–Crippen LogP) is 3.56. The number of benzene rings is 2. The number of nitrogen functional groups attached to an aromatic ring is 1. The Hall–Kier alpha value is -4.03. The fourth-order valence-corrected chi connectivity index (χ4v) is 6.88. The van der Waals surface area contributed by atoms with E-state index in [4.69, 9.17) is 16.5 Å². The van der Waals surface area contributed by atoms with E-state index in [1.54, 1.807) is 24.3 Å². The molecule has 1 aliphatic heterocycles. The lowest BCUT2D eigenvalue weighted by Gasteiger charge is -2.34. The molecule has 0 bridgehead atoms. The fourth-order valence-electron chi connectivity index (χ4n) is 5.89. The molecule has 1 fully saturated rings. The minimum absolute atomic E-state index is 0.158. The number of piperidine rings is 1. The Labute approximate surface area is 267 Å². The van der Waals surface area contributed by atoms with Crippen molar-refractivity contribution in [3.05, 3.63) is 87.8 Å². The van der Waals surface area contributed by atoms with Gasteiger partial charge in [-0.1, -0.05) is 55.8 Å². The molecule has 3 heterocycles. The SMILES string of the molecule is CCCc1cc(N2CCC(NCC(O)c3ccc(C(=O)NC(CO)Cc4ccccc4)cc3)CC2)nc2sc(C(N)=O)c(N)c12.